The summed E-state index contributed by atoms with van der Waals surface area (Å²) in [5, 5.41) is 19.1. The Morgan fingerprint density at radius 3 is 2.52 bits per heavy atom. The third-order valence-corrected chi connectivity index (χ3v) is 7.62. The van der Waals surface area contributed by atoms with Gasteiger partial charge in [0.05, 0.1) is 10.0 Å². The van der Waals surface area contributed by atoms with Gasteiger partial charge in [-0.3, -0.25) is 0 Å². The zero-order valence-electron chi connectivity index (χ0n) is 15.7. The van der Waals surface area contributed by atoms with Crippen LogP contribution >= 0.6 is 46.3 Å². The Balaban J connectivity index is 1.85. The molecule has 4 rings (SSSR count). The highest BCUT2D eigenvalue weighted by Gasteiger charge is 2.47. The minimum Gasteiger partial charge on any atom is -0.330 e. The van der Waals surface area contributed by atoms with Gasteiger partial charge in [0.2, 0.25) is 5.13 Å². The quantitative estimate of drug-likeness (QED) is 0.510. The lowest BCUT2D eigenvalue weighted by molar-refractivity contribution is 0.525. The van der Waals surface area contributed by atoms with Gasteiger partial charge in [-0.15, -0.1) is 10.2 Å². The number of halogens is 2. The molecular weight excluding hydrogens is 445 g/mol. The van der Waals surface area contributed by atoms with Crippen LogP contribution in [0.4, 0.5) is 5.13 Å². The molecule has 0 amide bonds. The van der Waals surface area contributed by atoms with E-state index in [2.05, 4.69) is 22.3 Å². The third-order valence-electron chi connectivity index (χ3n) is 4.61. The van der Waals surface area contributed by atoms with Gasteiger partial charge in [0.1, 0.15) is 14.9 Å². The number of anilines is 1. The van der Waals surface area contributed by atoms with Crippen molar-refractivity contribution < 1.29 is 0 Å². The zero-order valence-corrected chi connectivity index (χ0v) is 18.8. The molecule has 0 saturated heterocycles. The van der Waals surface area contributed by atoms with Crippen LogP contribution in [-0.4, -0.2) is 21.8 Å². The van der Waals surface area contributed by atoms with Gasteiger partial charge in [0.25, 0.3) is 0 Å². The van der Waals surface area contributed by atoms with Gasteiger partial charge in [0.15, 0.2) is 0 Å². The van der Waals surface area contributed by atoms with Crippen LogP contribution < -0.4 is 10.7 Å². The number of nitrogens with zero attached hydrogens (tertiary/aromatic N) is 4. The van der Waals surface area contributed by atoms with Gasteiger partial charge in [-0.2, -0.15) is 5.10 Å². The Morgan fingerprint density at radius 1 is 1.07 bits per heavy atom. The highest BCUT2D eigenvalue weighted by Crippen LogP contribution is 2.52. The van der Waals surface area contributed by atoms with Crippen LogP contribution in [0.1, 0.15) is 29.0 Å². The van der Waals surface area contributed by atoms with Crippen molar-refractivity contribution in [2.45, 2.75) is 24.6 Å². The number of aromatic nitrogens is 2. The summed E-state index contributed by atoms with van der Waals surface area (Å²) in [6.07, 6.45) is 1.66. The summed E-state index contributed by atoms with van der Waals surface area (Å²) in [6, 6.07) is 15.9. The maximum atomic E-state index is 6.27. The van der Waals surface area contributed by atoms with Gasteiger partial charge in [-0.25, -0.2) is 5.01 Å². The molecule has 0 saturated carbocycles. The first-order valence-corrected chi connectivity index (χ1v) is 11.5. The Bertz CT molecular complexity index is 1040. The van der Waals surface area contributed by atoms with Crippen molar-refractivity contribution in [2.75, 3.05) is 11.6 Å². The maximum Gasteiger partial charge on any atom is 0.230 e. The van der Waals surface area contributed by atoms with E-state index in [-0.39, 0.29) is 0 Å². The molecule has 1 unspecified atom stereocenters. The molecule has 29 heavy (non-hydrogen) atoms. The Morgan fingerprint density at radius 2 is 1.86 bits per heavy atom. The molecule has 0 aliphatic carbocycles. The first-order valence-electron chi connectivity index (χ1n) is 9.12. The van der Waals surface area contributed by atoms with E-state index in [0.29, 0.717) is 16.6 Å². The molecule has 9 heteroatoms. The van der Waals surface area contributed by atoms with Gasteiger partial charge in [-0.05, 0) is 44.0 Å². The fraction of sp³-hybridized carbons (Fsp3) is 0.250. The molecule has 0 bridgehead atoms. The average molecular weight is 464 g/mol. The summed E-state index contributed by atoms with van der Waals surface area (Å²) < 4.78 is 0. The lowest BCUT2D eigenvalue weighted by atomic mass is 10.0. The summed E-state index contributed by atoms with van der Waals surface area (Å²) in [7, 11) is 0. The summed E-state index contributed by atoms with van der Waals surface area (Å²) in [4.78, 5) is -0.464. The summed E-state index contributed by atoms with van der Waals surface area (Å²) in [5.41, 5.74) is 7.95. The van der Waals surface area contributed by atoms with E-state index in [0.717, 1.165) is 39.2 Å². The topological polar surface area (TPSA) is 67.4 Å². The fourth-order valence-corrected chi connectivity index (χ4v) is 5.70. The Kier molecular flexibility index (Phi) is 6.13. The summed E-state index contributed by atoms with van der Waals surface area (Å²) in [5.74, 6) is 0. The zero-order chi connectivity index (χ0) is 20.4. The Hall–Kier alpha value is -1.64. The van der Waals surface area contributed by atoms with Crippen molar-refractivity contribution in [1.82, 2.24) is 10.2 Å². The van der Waals surface area contributed by atoms with Gasteiger partial charge < -0.3 is 5.73 Å². The van der Waals surface area contributed by atoms with Gasteiger partial charge >= 0.3 is 0 Å². The number of thioether (sulfide) groups is 1. The lowest BCUT2D eigenvalue weighted by Crippen LogP contribution is -2.38. The van der Waals surface area contributed by atoms with E-state index < -0.39 is 4.87 Å². The van der Waals surface area contributed by atoms with Crippen molar-refractivity contribution in [1.29, 1.82) is 0 Å². The first kappa shape index (κ1) is 20.6. The van der Waals surface area contributed by atoms with Crippen molar-refractivity contribution in [3.63, 3.8) is 0 Å². The molecule has 3 aromatic rings. The van der Waals surface area contributed by atoms with Crippen LogP contribution in [0, 0.1) is 6.92 Å². The monoisotopic (exact) mass is 463 g/mol. The van der Waals surface area contributed by atoms with Crippen LogP contribution in [-0.2, 0) is 4.87 Å². The van der Waals surface area contributed by atoms with E-state index in [1.165, 1.54) is 11.3 Å². The second kappa shape index (κ2) is 8.62. The molecule has 2 aromatic carbocycles. The number of rotatable bonds is 6. The van der Waals surface area contributed by atoms with Crippen LogP contribution in [0.25, 0.3) is 0 Å². The standard InChI is InChI=1S/C20H19Cl2N5S2/c1-13-24-25-19(28-13)27-20(10-5-11-23,15-6-3-2-4-7-15)29-18(26-27)14-8-9-16(21)17(22)12-14/h2-4,6-9,12H,5,10-11,23H2,1H3. The van der Waals surface area contributed by atoms with Crippen LogP contribution in [0.3, 0.4) is 0 Å². The third kappa shape index (κ3) is 4.02. The number of benzene rings is 2. The molecular formula is C20H19Cl2N5S2. The maximum absolute atomic E-state index is 6.27. The van der Waals surface area contributed by atoms with Gasteiger partial charge in [-0.1, -0.05) is 82.7 Å². The van der Waals surface area contributed by atoms with Crippen molar-refractivity contribution in [2.24, 2.45) is 10.8 Å². The Labute approximate surface area is 187 Å². The van der Waals surface area contributed by atoms with E-state index in [4.69, 9.17) is 34.0 Å². The number of nitrogens with two attached hydrogens (primary N) is 1. The number of aryl methyl sites for hydroxylation is 1. The van der Waals surface area contributed by atoms with Crippen molar-refractivity contribution in [3.05, 3.63) is 74.7 Å². The lowest BCUT2D eigenvalue weighted by Gasteiger charge is -2.35. The minimum absolute atomic E-state index is 0.464. The molecule has 0 spiro atoms. The second-order valence-corrected chi connectivity index (χ2v) is 9.83. The summed E-state index contributed by atoms with van der Waals surface area (Å²) >= 11 is 15.6. The summed E-state index contributed by atoms with van der Waals surface area (Å²) in [6.45, 7) is 2.54. The van der Waals surface area contributed by atoms with Crippen LogP contribution in [0.5, 0.6) is 0 Å². The fourth-order valence-electron chi connectivity index (χ4n) is 3.23. The normalized spacial score (nSPS) is 18.9. The molecule has 150 valence electrons. The molecule has 1 aliphatic rings. The van der Waals surface area contributed by atoms with Crippen LogP contribution in [0.2, 0.25) is 10.0 Å². The molecule has 1 aliphatic heterocycles. The molecule has 0 fully saturated rings. The second-order valence-electron chi connectivity index (χ2n) is 6.59. The number of hydrogen-bond acceptors (Lipinski definition) is 7. The highest BCUT2D eigenvalue weighted by molar-refractivity contribution is 8.15. The van der Waals surface area contributed by atoms with Crippen molar-refractivity contribution >= 4 is 56.5 Å². The van der Waals surface area contributed by atoms with E-state index in [9.17, 15) is 0 Å². The average Bonchev–Trinajstić information content (AvgIpc) is 3.33. The molecule has 5 nitrogen and oxygen atoms in total. The molecule has 2 N–H and O–H groups in total. The molecule has 1 atom stereocenters. The first-order chi connectivity index (χ1) is 14.0. The predicted octanol–water partition coefficient (Wildman–Crippen LogP) is 5.66. The van der Waals surface area contributed by atoms with E-state index >= 15 is 0 Å². The minimum atomic E-state index is -0.464. The predicted molar refractivity (Wildman–Crippen MR) is 124 cm³/mol. The number of hydrazone groups is 1. The van der Waals surface area contributed by atoms with E-state index in [1.54, 1.807) is 17.8 Å². The van der Waals surface area contributed by atoms with Gasteiger partial charge in [0, 0.05) is 5.56 Å². The molecule has 0 radical (unpaired) electrons. The molecule has 2 heterocycles. The van der Waals surface area contributed by atoms with Crippen LogP contribution in [0.15, 0.2) is 53.6 Å². The molecule has 1 aromatic heterocycles. The van der Waals surface area contributed by atoms with Crippen molar-refractivity contribution in [3.8, 4) is 0 Å². The highest BCUT2D eigenvalue weighted by atomic mass is 35.5. The van der Waals surface area contributed by atoms with E-state index in [1.807, 2.05) is 42.3 Å². The smallest absolute Gasteiger partial charge is 0.230 e. The number of hydrogen-bond donors (Lipinski definition) is 1. The SMILES string of the molecule is Cc1nnc(N2N=C(c3ccc(Cl)c(Cl)c3)SC2(CCCN)c2ccccc2)s1. The largest absolute Gasteiger partial charge is 0.330 e.